The first-order chi connectivity index (χ1) is 8.65. The molecule has 0 amide bonds. The molecule has 0 fully saturated rings. The van der Waals surface area contributed by atoms with Crippen LogP contribution >= 0.6 is 0 Å². The van der Waals surface area contributed by atoms with Crippen LogP contribution in [-0.4, -0.2) is 26.8 Å². The van der Waals surface area contributed by atoms with Gasteiger partial charge in [-0.1, -0.05) is 32.9 Å². The highest BCUT2D eigenvalue weighted by Gasteiger charge is 2.06. The molecule has 0 aliphatic heterocycles. The standard InChI is InChI=1S/C15H25NO2/c1-12(2)13(3)11-16-9-10-18-15-8-6-5-7-14(15)17-4/h5-8,12-13,16H,9-11H2,1-4H3. The van der Waals surface area contributed by atoms with E-state index in [0.717, 1.165) is 24.6 Å². The number of hydrogen-bond donors (Lipinski definition) is 1. The fraction of sp³-hybridized carbons (Fsp3) is 0.600. The maximum atomic E-state index is 5.68. The predicted molar refractivity (Wildman–Crippen MR) is 75.4 cm³/mol. The minimum absolute atomic E-state index is 0.658. The predicted octanol–water partition coefficient (Wildman–Crippen LogP) is 2.96. The zero-order chi connectivity index (χ0) is 13.4. The number of ether oxygens (including phenoxy) is 2. The molecule has 0 saturated carbocycles. The molecule has 0 heterocycles. The van der Waals surface area contributed by atoms with E-state index in [9.17, 15) is 0 Å². The van der Waals surface area contributed by atoms with Gasteiger partial charge in [-0.05, 0) is 30.5 Å². The Morgan fingerprint density at radius 2 is 1.78 bits per heavy atom. The van der Waals surface area contributed by atoms with Gasteiger partial charge in [-0.15, -0.1) is 0 Å². The van der Waals surface area contributed by atoms with Gasteiger partial charge in [0, 0.05) is 6.54 Å². The summed E-state index contributed by atoms with van der Waals surface area (Å²) < 4.78 is 10.9. The van der Waals surface area contributed by atoms with Crippen molar-refractivity contribution >= 4 is 0 Å². The molecule has 0 saturated heterocycles. The Kier molecular flexibility index (Phi) is 6.58. The highest BCUT2D eigenvalue weighted by Crippen LogP contribution is 2.25. The smallest absolute Gasteiger partial charge is 0.161 e. The van der Waals surface area contributed by atoms with E-state index in [1.807, 2.05) is 24.3 Å². The molecule has 1 atom stereocenters. The van der Waals surface area contributed by atoms with Crippen LogP contribution in [0.15, 0.2) is 24.3 Å². The lowest BCUT2D eigenvalue weighted by Crippen LogP contribution is -2.28. The van der Waals surface area contributed by atoms with Crippen molar-refractivity contribution in [3.63, 3.8) is 0 Å². The zero-order valence-corrected chi connectivity index (χ0v) is 11.9. The molecular weight excluding hydrogens is 226 g/mol. The van der Waals surface area contributed by atoms with Crippen LogP contribution in [-0.2, 0) is 0 Å². The maximum absolute atomic E-state index is 5.68. The lowest BCUT2D eigenvalue weighted by atomic mass is 9.98. The Bertz CT molecular complexity index is 339. The Hall–Kier alpha value is -1.22. The molecule has 102 valence electrons. The third-order valence-corrected chi connectivity index (χ3v) is 3.21. The Labute approximate surface area is 110 Å². The van der Waals surface area contributed by atoms with Gasteiger partial charge in [0.2, 0.25) is 0 Å². The summed E-state index contributed by atoms with van der Waals surface area (Å²) in [5, 5.41) is 3.41. The van der Waals surface area contributed by atoms with E-state index in [4.69, 9.17) is 9.47 Å². The summed E-state index contributed by atoms with van der Waals surface area (Å²) in [6.07, 6.45) is 0. The van der Waals surface area contributed by atoms with Gasteiger partial charge in [0.05, 0.1) is 7.11 Å². The van der Waals surface area contributed by atoms with E-state index in [-0.39, 0.29) is 0 Å². The molecular formula is C15H25NO2. The molecule has 1 aromatic carbocycles. The van der Waals surface area contributed by atoms with Crippen molar-refractivity contribution in [1.29, 1.82) is 0 Å². The monoisotopic (exact) mass is 251 g/mol. The summed E-state index contributed by atoms with van der Waals surface area (Å²) in [5.41, 5.74) is 0. The van der Waals surface area contributed by atoms with Gasteiger partial charge in [-0.25, -0.2) is 0 Å². The molecule has 1 rings (SSSR count). The van der Waals surface area contributed by atoms with E-state index in [1.54, 1.807) is 7.11 Å². The van der Waals surface area contributed by atoms with Crippen molar-refractivity contribution < 1.29 is 9.47 Å². The first-order valence-corrected chi connectivity index (χ1v) is 6.61. The van der Waals surface area contributed by atoms with Gasteiger partial charge in [-0.3, -0.25) is 0 Å². The van der Waals surface area contributed by atoms with Gasteiger partial charge < -0.3 is 14.8 Å². The highest BCUT2D eigenvalue weighted by molar-refractivity contribution is 5.39. The SMILES string of the molecule is COc1ccccc1OCCNCC(C)C(C)C. The van der Waals surface area contributed by atoms with E-state index >= 15 is 0 Å². The van der Waals surface area contributed by atoms with Crippen molar-refractivity contribution in [3.05, 3.63) is 24.3 Å². The molecule has 0 spiro atoms. The Balaban J connectivity index is 2.22. The van der Waals surface area contributed by atoms with Gasteiger partial charge >= 0.3 is 0 Å². The molecule has 1 aromatic rings. The molecule has 3 heteroatoms. The van der Waals surface area contributed by atoms with Crippen LogP contribution in [0, 0.1) is 11.8 Å². The Morgan fingerprint density at radius 1 is 1.11 bits per heavy atom. The number of benzene rings is 1. The minimum atomic E-state index is 0.658. The number of hydrogen-bond acceptors (Lipinski definition) is 3. The van der Waals surface area contributed by atoms with Crippen molar-refractivity contribution in [2.24, 2.45) is 11.8 Å². The molecule has 1 N–H and O–H groups in total. The quantitative estimate of drug-likeness (QED) is 0.721. The summed E-state index contributed by atoms with van der Waals surface area (Å²) in [7, 11) is 1.66. The molecule has 3 nitrogen and oxygen atoms in total. The van der Waals surface area contributed by atoms with Gasteiger partial charge in [0.15, 0.2) is 11.5 Å². The van der Waals surface area contributed by atoms with Crippen molar-refractivity contribution in [1.82, 2.24) is 5.32 Å². The van der Waals surface area contributed by atoms with Crippen LogP contribution in [0.2, 0.25) is 0 Å². The second-order valence-electron chi connectivity index (χ2n) is 4.92. The lowest BCUT2D eigenvalue weighted by molar-refractivity contribution is 0.285. The summed E-state index contributed by atoms with van der Waals surface area (Å²) in [6, 6.07) is 7.72. The van der Waals surface area contributed by atoms with Crippen LogP contribution in [0.3, 0.4) is 0 Å². The average molecular weight is 251 g/mol. The minimum Gasteiger partial charge on any atom is -0.493 e. The second kappa shape index (κ2) is 7.98. The summed E-state index contributed by atoms with van der Waals surface area (Å²) >= 11 is 0. The third kappa shape index (κ3) is 4.96. The first kappa shape index (κ1) is 14.8. The molecule has 0 aromatic heterocycles. The van der Waals surface area contributed by atoms with Crippen LogP contribution in [0.5, 0.6) is 11.5 Å². The van der Waals surface area contributed by atoms with E-state index in [1.165, 1.54) is 0 Å². The van der Waals surface area contributed by atoms with Crippen LogP contribution in [0.25, 0.3) is 0 Å². The Morgan fingerprint density at radius 3 is 2.39 bits per heavy atom. The van der Waals surface area contributed by atoms with Crippen molar-refractivity contribution in [3.8, 4) is 11.5 Å². The topological polar surface area (TPSA) is 30.5 Å². The molecule has 0 aliphatic carbocycles. The fourth-order valence-electron chi connectivity index (χ4n) is 1.54. The summed E-state index contributed by atoms with van der Waals surface area (Å²) in [4.78, 5) is 0. The van der Waals surface area contributed by atoms with Gasteiger partial charge in [0.1, 0.15) is 6.61 Å². The molecule has 18 heavy (non-hydrogen) atoms. The van der Waals surface area contributed by atoms with E-state index < -0.39 is 0 Å². The fourth-order valence-corrected chi connectivity index (χ4v) is 1.54. The van der Waals surface area contributed by atoms with Crippen LogP contribution < -0.4 is 14.8 Å². The van der Waals surface area contributed by atoms with Crippen LogP contribution in [0.4, 0.5) is 0 Å². The molecule has 1 unspecified atom stereocenters. The van der Waals surface area contributed by atoms with Gasteiger partial charge in [-0.2, -0.15) is 0 Å². The third-order valence-electron chi connectivity index (χ3n) is 3.21. The molecule has 0 radical (unpaired) electrons. The largest absolute Gasteiger partial charge is 0.493 e. The number of para-hydroxylation sites is 2. The van der Waals surface area contributed by atoms with E-state index in [0.29, 0.717) is 18.4 Å². The average Bonchev–Trinajstić information content (AvgIpc) is 2.38. The summed E-state index contributed by atoms with van der Waals surface area (Å²) in [6.45, 7) is 9.31. The number of rotatable bonds is 8. The second-order valence-corrected chi connectivity index (χ2v) is 4.92. The number of nitrogens with one attached hydrogen (secondary N) is 1. The summed E-state index contributed by atoms with van der Waals surface area (Å²) in [5.74, 6) is 3.00. The molecule has 0 aliphatic rings. The lowest BCUT2D eigenvalue weighted by Gasteiger charge is -2.16. The molecule has 0 bridgehead atoms. The van der Waals surface area contributed by atoms with Gasteiger partial charge in [0.25, 0.3) is 0 Å². The van der Waals surface area contributed by atoms with Crippen molar-refractivity contribution in [2.75, 3.05) is 26.8 Å². The first-order valence-electron chi connectivity index (χ1n) is 6.61. The maximum Gasteiger partial charge on any atom is 0.161 e. The van der Waals surface area contributed by atoms with Crippen molar-refractivity contribution in [2.45, 2.75) is 20.8 Å². The van der Waals surface area contributed by atoms with Crippen LogP contribution in [0.1, 0.15) is 20.8 Å². The highest BCUT2D eigenvalue weighted by atomic mass is 16.5. The normalized spacial score (nSPS) is 12.5. The van der Waals surface area contributed by atoms with E-state index in [2.05, 4.69) is 26.1 Å². The zero-order valence-electron chi connectivity index (χ0n) is 11.9. The number of methoxy groups -OCH3 is 1.